The van der Waals surface area contributed by atoms with Crippen LogP contribution in [0.1, 0.15) is 0 Å². The summed E-state index contributed by atoms with van der Waals surface area (Å²) in [6, 6.07) is 0. The summed E-state index contributed by atoms with van der Waals surface area (Å²) in [7, 11) is 8.50. The molecule has 0 fully saturated rings. The Hall–Kier alpha value is 0.137. The predicted molar refractivity (Wildman–Crippen MR) is 37.2 cm³/mol. The number of quaternary nitrogens is 1. The second kappa shape index (κ2) is 4.30. The van der Waals surface area contributed by atoms with Crippen molar-refractivity contribution in [2.24, 2.45) is 0 Å². The SMILES string of the molecule is C[N+](C)(C)C.[OH-].[SiH4]. The predicted octanol–water partition coefficient (Wildman–Crippen LogP) is -1.31. The molecule has 7 heavy (non-hydrogen) atoms. The van der Waals surface area contributed by atoms with Crippen LogP contribution in [0.15, 0.2) is 0 Å². The van der Waals surface area contributed by atoms with Crippen LogP contribution < -0.4 is 0 Å². The minimum atomic E-state index is 0. The molecule has 0 amide bonds. The minimum absolute atomic E-state index is 0. The van der Waals surface area contributed by atoms with Gasteiger partial charge in [0.1, 0.15) is 0 Å². The van der Waals surface area contributed by atoms with Crippen molar-refractivity contribution >= 4 is 11.0 Å². The third kappa shape index (κ3) is 5610. The number of hydrogen-bond acceptors (Lipinski definition) is 1. The molecule has 1 N–H and O–H groups in total. The summed E-state index contributed by atoms with van der Waals surface area (Å²) >= 11 is 0. The average Bonchev–Trinajstić information content (AvgIpc) is 0.722. The molecule has 0 aliphatic carbocycles. The zero-order valence-electron chi connectivity index (χ0n) is 4.89. The first kappa shape index (κ1) is 15.7. The van der Waals surface area contributed by atoms with Crippen molar-refractivity contribution in [3.63, 3.8) is 0 Å². The van der Waals surface area contributed by atoms with Crippen molar-refractivity contribution in [3.8, 4) is 0 Å². The lowest BCUT2D eigenvalue weighted by molar-refractivity contribution is -0.849. The van der Waals surface area contributed by atoms with Gasteiger partial charge in [-0.15, -0.1) is 0 Å². The van der Waals surface area contributed by atoms with E-state index in [9.17, 15) is 0 Å². The third-order valence-corrected chi connectivity index (χ3v) is 0. The van der Waals surface area contributed by atoms with Crippen LogP contribution in [0.3, 0.4) is 0 Å². The first-order valence-corrected chi connectivity index (χ1v) is 1.79. The molecule has 0 unspecified atom stereocenters. The summed E-state index contributed by atoms with van der Waals surface area (Å²) < 4.78 is 1.00. The summed E-state index contributed by atoms with van der Waals surface area (Å²) in [6.45, 7) is 0. The van der Waals surface area contributed by atoms with Gasteiger partial charge in [-0.2, -0.15) is 0 Å². The number of rotatable bonds is 0. The lowest BCUT2D eigenvalue weighted by Gasteiger charge is -2.14. The van der Waals surface area contributed by atoms with E-state index in [1.54, 1.807) is 0 Å². The monoisotopic (exact) mass is 123 g/mol. The van der Waals surface area contributed by atoms with E-state index in [1.165, 1.54) is 0 Å². The molecule has 0 aromatic carbocycles. The first-order chi connectivity index (χ1) is 2.00. The molecule has 0 spiro atoms. The summed E-state index contributed by atoms with van der Waals surface area (Å²) in [4.78, 5) is 0. The molecule has 0 bridgehead atoms. The molecule has 0 saturated carbocycles. The van der Waals surface area contributed by atoms with Crippen LogP contribution in [0, 0.1) is 0 Å². The maximum atomic E-state index is 2.12. The normalized spacial score (nSPS) is 8.57. The van der Waals surface area contributed by atoms with Gasteiger partial charge in [-0.05, 0) is 11.0 Å². The van der Waals surface area contributed by atoms with Gasteiger partial charge in [0, 0.05) is 0 Å². The molecule has 0 aromatic heterocycles. The molecule has 48 valence electrons. The highest BCUT2D eigenvalue weighted by molar-refractivity contribution is 5.75. The van der Waals surface area contributed by atoms with Crippen LogP contribution >= 0.6 is 0 Å². The Morgan fingerprint density at radius 3 is 0.857 bits per heavy atom. The van der Waals surface area contributed by atoms with E-state index in [0.29, 0.717) is 0 Å². The number of nitrogens with zero attached hydrogens (tertiary/aromatic N) is 1. The van der Waals surface area contributed by atoms with Gasteiger partial charge in [0.25, 0.3) is 0 Å². The molecule has 0 radical (unpaired) electrons. The van der Waals surface area contributed by atoms with Crippen molar-refractivity contribution in [2.45, 2.75) is 0 Å². The van der Waals surface area contributed by atoms with Crippen LogP contribution in [0.25, 0.3) is 0 Å². The first-order valence-electron chi connectivity index (χ1n) is 1.79. The van der Waals surface area contributed by atoms with Crippen molar-refractivity contribution < 1.29 is 9.96 Å². The van der Waals surface area contributed by atoms with Crippen LogP contribution in [-0.4, -0.2) is 49.1 Å². The molecule has 0 atom stereocenters. The molecule has 0 rings (SSSR count). The van der Waals surface area contributed by atoms with E-state index >= 15 is 0 Å². The summed E-state index contributed by atoms with van der Waals surface area (Å²) in [5.74, 6) is 0. The Balaban J connectivity index is -0.0000000800. The number of hydrogen-bond donors (Lipinski definition) is 0. The minimum Gasteiger partial charge on any atom is -0.870 e. The van der Waals surface area contributed by atoms with Crippen LogP contribution in [0.5, 0.6) is 0 Å². The van der Waals surface area contributed by atoms with E-state index in [-0.39, 0.29) is 16.4 Å². The Morgan fingerprint density at radius 1 is 0.857 bits per heavy atom. The fourth-order valence-electron chi connectivity index (χ4n) is 0. The van der Waals surface area contributed by atoms with Crippen molar-refractivity contribution in [2.75, 3.05) is 28.2 Å². The van der Waals surface area contributed by atoms with Crippen molar-refractivity contribution in [3.05, 3.63) is 0 Å². The van der Waals surface area contributed by atoms with Gasteiger partial charge in [-0.25, -0.2) is 0 Å². The molecule has 3 heteroatoms. The molecule has 2 nitrogen and oxygen atoms in total. The fourth-order valence-corrected chi connectivity index (χ4v) is 0. The van der Waals surface area contributed by atoms with Gasteiger partial charge in [-0.1, -0.05) is 0 Å². The molecule has 0 saturated heterocycles. The lowest BCUT2D eigenvalue weighted by atomic mass is 10.8. The fraction of sp³-hybridized carbons (Fsp3) is 1.00. The molecule has 0 aliphatic rings. The van der Waals surface area contributed by atoms with Gasteiger partial charge in [0.05, 0.1) is 28.2 Å². The molecular formula is C4H17NOSi. The molecule has 0 aliphatic heterocycles. The highest BCUT2D eigenvalue weighted by Gasteiger charge is 1.88. The van der Waals surface area contributed by atoms with Gasteiger partial charge in [-0.3, -0.25) is 0 Å². The van der Waals surface area contributed by atoms with Gasteiger partial charge >= 0.3 is 0 Å². The van der Waals surface area contributed by atoms with E-state index in [1.807, 2.05) is 0 Å². The summed E-state index contributed by atoms with van der Waals surface area (Å²) in [5.41, 5.74) is 0. The van der Waals surface area contributed by atoms with Crippen LogP contribution in [0.4, 0.5) is 0 Å². The van der Waals surface area contributed by atoms with Gasteiger partial charge in [0.15, 0.2) is 0 Å². The van der Waals surface area contributed by atoms with E-state index < -0.39 is 0 Å². The summed E-state index contributed by atoms with van der Waals surface area (Å²) in [6.07, 6.45) is 0. The highest BCUT2D eigenvalue weighted by atomic mass is 28.1. The quantitative estimate of drug-likeness (QED) is 0.291. The smallest absolute Gasteiger partial charge is 0.0675 e. The maximum Gasteiger partial charge on any atom is 0.0675 e. The van der Waals surface area contributed by atoms with Gasteiger partial charge < -0.3 is 9.96 Å². The van der Waals surface area contributed by atoms with Crippen LogP contribution in [-0.2, 0) is 0 Å². The zero-order chi connectivity index (χ0) is 4.50. The Bertz CT molecular complexity index is 27.2. The topological polar surface area (TPSA) is 30.0 Å². The van der Waals surface area contributed by atoms with Crippen molar-refractivity contribution in [1.82, 2.24) is 0 Å². The van der Waals surface area contributed by atoms with Gasteiger partial charge in [0.2, 0.25) is 0 Å². The Labute approximate surface area is 50.1 Å². The van der Waals surface area contributed by atoms with Crippen molar-refractivity contribution in [1.29, 1.82) is 0 Å². The van der Waals surface area contributed by atoms with Crippen LogP contribution in [0.2, 0.25) is 0 Å². The average molecular weight is 123 g/mol. The third-order valence-electron chi connectivity index (χ3n) is 0. The Kier molecular flexibility index (Phi) is 9.65. The second-order valence-corrected chi connectivity index (χ2v) is 2.68. The standard InChI is InChI=1S/C4H12N.H2O.H4Si/c1-5(2,3)4;;/h1-4H3;1H2;1H4/q+1;;/p-1. The largest absolute Gasteiger partial charge is 0.870 e. The molecule has 0 aromatic rings. The second-order valence-electron chi connectivity index (χ2n) is 2.68. The van der Waals surface area contributed by atoms with E-state index in [0.717, 1.165) is 4.48 Å². The zero-order valence-corrected chi connectivity index (χ0v) is 4.89. The summed E-state index contributed by atoms with van der Waals surface area (Å²) in [5, 5.41) is 0. The molecule has 0 heterocycles. The van der Waals surface area contributed by atoms with E-state index in [2.05, 4.69) is 28.2 Å². The highest BCUT2D eigenvalue weighted by Crippen LogP contribution is 1.73. The van der Waals surface area contributed by atoms with E-state index in [4.69, 9.17) is 0 Å². The lowest BCUT2D eigenvalue weighted by Crippen LogP contribution is -2.27. The Morgan fingerprint density at radius 2 is 0.857 bits per heavy atom. The molecular weight excluding hydrogens is 106 g/mol. The maximum absolute atomic E-state index is 2.12.